The van der Waals surface area contributed by atoms with Crippen LogP contribution in [0.15, 0.2) is 0 Å². The number of rotatable bonds is 6. The molecule has 2 unspecified atom stereocenters. The molecule has 0 aliphatic rings. The van der Waals surface area contributed by atoms with E-state index in [1.165, 1.54) is 13.8 Å². The number of ketones is 1. The van der Waals surface area contributed by atoms with Gasteiger partial charge in [-0.05, 0) is 20.3 Å². The van der Waals surface area contributed by atoms with Crippen molar-refractivity contribution in [1.82, 2.24) is 0 Å². The lowest BCUT2D eigenvalue weighted by Gasteiger charge is -2.33. The smallest absolute Gasteiger partial charge is 0.304 e. The lowest BCUT2D eigenvalue weighted by molar-refractivity contribution is -0.143. The van der Waals surface area contributed by atoms with Crippen LogP contribution in [0.2, 0.25) is 0 Å². The van der Waals surface area contributed by atoms with Gasteiger partial charge in [0, 0.05) is 11.8 Å². The predicted molar refractivity (Wildman–Crippen MR) is 52.0 cm³/mol. The van der Waals surface area contributed by atoms with Crippen LogP contribution in [0.4, 0.5) is 0 Å². The maximum Gasteiger partial charge on any atom is 0.304 e. The SMILES string of the molecule is CCC(CC(C)=O)(CC(=O)O)C(C)O. The van der Waals surface area contributed by atoms with Crippen LogP contribution in [0.1, 0.15) is 40.0 Å². The molecule has 0 aromatic carbocycles. The topological polar surface area (TPSA) is 74.6 Å². The van der Waals surface area contributed by atoms with Gasteiger partial charge >= 0.3 is 5.97 Å². The fourth-order valence-corrected chi connectivity index (χ4v) is 1.70. The van der Waals surface area contributed by atoms with Crippen LogP contribution >= 0.6 is 0 Å². The molecular formula is C10H18O4. The molecule has 0 amide bonds. The first kappa shape index (κ1) is 13.1. The van der Waals surface area contributed by atoms with E-state index in [2.05, 4.69) is 0 Å². The number of Topliss-reactive ketones (excluding diaryl/α,β-unsaturated/α-hetero) is 1. The van der Waals surface area contributed by atoms with Crippen molar-refractivity contribution in [2.24, 2.45) is 5.41 Å². The molecule has 0 aromatic rings. The number of carbonyl (C=O) groups excluding carboxylic acids is 1. The third kappa shape index (κ3) is 3.46. The molecule has 14 heavy (non-hydrogen) atoms. The molecule has 0 radical (unpaired) electrons. The highest BCUT2D eigenvalue weighted by atomic mass is 16.4. The summed E-state index contributed by atoms with van der Waals surface area (Å²) < 4.78 is 0. The molecule has 0 aliphatic carbocycles. The molecule has 0 fully saturated rings. The Morgan fingerprint density at radius 1 is 1.36 bits per heavy atom. The van der Waals surface area contributed by atoms with Gasteiger partial charge in [0.25, 0.3) is 0 Å². The van der Waals surface area contributed by atoms with Crippen molar-refractivity contribution >= 4 is 11.8 Å². The van der Waals surface area contributed by atoms with E-state index in [-0.39, 0.29) is 18.6 Å². The fourth-order valence-electron chi connectivity index (χ4n) is 1.70. The summed E-state index contributed by atoms with van der Waals surface area (Å²) in [6, 6.07) is 0. The summed E-state index contributed by atoms with van der Waals surface area (Å²) in [7, 11) is 0. The van der Waals surface area contributed by atoms with Crippen LogP contribution < -0.4 is 0 Å². The maximum absolute atomic E-state index is 11.0. The molecule has 4 nitrogen and oxygen atoms in total. The molecule has 82 valence electrons. The average molecular weight is 202 g/mol. The standard InChI is InChI=1S/C10H18O4/c1-4-10(8(3)12,5-7(2)11)6-9(13)14/h8,12H,4-6H2,1-3H3,(H,13,14). The molecule has 0 aromatic heterocycles. The van der Waals surface area contributed by atoms with E-state index in [1.54, 1.807) is 6.92 Å². The monoisotopic (exact) mass is 202 g/mol. The summed E-state index contributed by atoms with van der Waals surface area (Å²) in [5.74, 6) is -1.07. The number of carboxylic acid groups (broad SMARTS) is 1. The van der Waals surface area contributed by atoms with E-state index < -0.39 is 17.5 Å². The molecule has 0 saturated heterocycles. The van der Waals surface area contributed by atoms with Crippen LogP contribution in [0.5, 0.6) is 0 Å². The second kappa shape index (κ2) is 5.10. The van der Waals surface area contributed by atoms with Gasteiger partial charge in [-0.3, -0.25) is 4.79 Å². The molecule has 0 spiro atoms. The molecule has 2 atom stereocenters. The van der Waals surface area contributed by atoms with E-state index in [0.29, 0.717) is 6.42 Å². The van der Waals surface area contributed by atoms with Gasteiger partial charge in [-0.15, -0.1) is 0 Å². The van der Waals surface area contributed by atoms with Crippen LogP contribution in [0, 0.1) is 5.41 Å². The Bertz CT molecular complexity index is 204. The predicted octanol–water partition coefficient (Wildman–Crippen LogP) is 1.22. The van der Waals surface area contributed by atoms with E-state index in [9.17, 15) is 14.7 Å². The van der Waals surface area contributed by atoms with Crippen LogP contribution in [-0.2, 0) is 9.59 Å². The van der Waals surface area contributed by atoms with Gasteiger partial charge in [-0.2, -0.15) is 0 Å². The first-order valence-corrected chi connectivity index (χ1v) is 4.73. The molecule has 4 heteroatoms. The first-order chi connectivity index (χ1) is 6.34. The van der Waals surface area contributed by atoms with Crippen molar-refractivity contribution in [2.75, 3.05) is 0 Å². The molecule has 0 saturated carbocycles. The Morgan fingerprint density at radius 2 is 1.86 bits per heavy atom. The lowest BCUT2D eigenvalue weighted by atomic mass is 9.73. The first-order valence-electron chi connectivity index (χ1n) is 4.73. The number of aliphatic hydroxyl groups excluding tert-OH is 1. The number of carboxylic acids is 1. The Morgan fingerprint density at radius 3 is 2.07 bits per heavy atom. The second-order valence-electron chi connectivity index (χ2n) is 3.84. The van der Waals surface area contributed by atoms with Gasteiger partial charge in [0.15, 0.2) is 0 Å². The summed E-state index contributed by atoms with van der Waals surface area (Å²) >= 11 is 0. The van der Waals surface area contributed by atoms with Crippen molar-refractivity contribution < 1.29 is 19.8 Å². The van der Waals surface area contributed by atoms with E-state index in [0.717, 1.165) is 0 Å². The van der Waals surface area contributed by atoms with Crippen molar-refractivity contribution in [3.05, 3.63) is 0 Å². The van der Waals surface area contributed by atoms with Crippen LogP contribution in [0.25, 0.3) is 0 Å². The number of hydrogen-bond donors (Lipinski definition) is 2. The number of hydrogen-bond acceptors (Lipinski definition) is 3. The molecule has 2 N–H and O–H groups in total. The largest absolute Gasteiger partial charge is 0.481 e. The summed E-state index contributed by atoms with van der Waals surface area (Å²) in [4.78, 5) is 21.6. The summed E-state index contributed by atoms with van der Waals surface area (Å²) in [6.45, 7) is 4.74. The van der Waals surface area contributed by atoms with Crippen LogP contribution in [0.3, 0.4) is 0 Å². The van der Waals surface area contributed by atoms with Crippen molar-refractivity contribution in [3.8, 4) is 0 Å². The Labute approximate surface area is 83.9 Å². The van der Waals surface area contributed by atoms with Gasteiger partial charge in [0.05, 0.1) is 12.5 Å². The van der Waals surface area contributed by atoms with Crippen molar-refractivity contribution in [1.29, 1.82) is 0 Å². The molecule has 0 aliphatic heterocycles. The fraction of sp³-hybridized carbons (Fsp3) is 0.800. The highest BCUT2D eigenvalue weighted by molar-refractivity contribution is 5.77. The molecule has 0 heterocycles. The van der Waals surface area contributed by atoms with Gasteiger partial charge in [0.1, 0.15) is 5.78 Å². The van der Waals surface area contributed by atoms with Gasteiger partial charge < -0.3 is 15.0 Å². The number of carbonyl (C=O) groups is 2. The zero-order chi connectivity index (χ0) is 11.4. The third-order valence-corrected chi connectivity index (χ3v) is 2.69. The Hall–Kier alpha value is -0.900. The zero-order valence-corrected chi connectivity index (χ0v) is 8.91. The van der Waals surface area contributed by atoms with E-state index in [1.807, 2.05) is 0 Å². The van der Waals surface area contributed by atoms with Gasteiger partial charge in [0.2, 0.25) is 0 Å². The van der Waals surface area contributed by atoms with Crippen molar-refractivity contribution in [2.45, 2.75) is 46.1 Å². The lowest BCUT2D eigenvalue weighted by Crippen LogP contribution is -2.36. The number of aliphatic carboxylic acids is 1. The van der Waals surface area contributed by atoms with Gasteiger partial charge in [-0.25, -0.2) is 0 Å². The molecular weight excluding hydrogens is 184 g/mol. The Kier molecular flexibility index (Phi) is 4.77. The molecule has 0 bridgehead atoms. The Balaban J connectivity index is 4.77. The minimum atomic E-state index is -0.978. The highest BCUT2D eigenvalue weighted by Gasteiger charge is 2.37. The minimum absolute atomic E-state index is 0.0889. The third-order valence-electron chi connectivity index (χ3n) is 2.69. The van der Waals surface area contributed by atoms with Crippen LogP contribution in [-0.4, -0.2) is 28.1 Å². The maximum atomic E-state index is 11.0. The minimum Gasteiger partial charge on any atom is -0.481 e. The quantitative estimate of drug-likeness (QED) is 0.679. The normalized spacial score (nSPS) is 17.1. The highest BCUT2D eigenvalue weighted by Crippen LogP contribution is 2.35. The van der Waals surface area contributed by atoms with Gasteiger partial charge in [-0.1, -0.05) is 6.92 Å². The second-order valence-corrected chi connectivity index (χ2v) is 3.84. The summed E-state index contributed by atoms with van der Waals surface area (Å²) in [5, 5.41) is 18.3. The van der Waals surface area contributed by atoms with E-state index in [4.69, 9.17) is 5.11 Å². The van der Waals surface area contributed by atoms with Crippen molar-refractivity contribution in [3.63, 3.8) is 0 Å². The average Bonchev–Trinajstić information content (AvgIpc) is 2.00. The summed E-state index contributed by atoms with van der Waals surface area (Å²) in [6.07, 6.45) is -0.349. The van der Waals surface area contributed by atoms with E-state index >= 15 is 0 Å². The zero-order valence-electron chi connectivity index (χ0n) is 8.91. The molecule has 0 rings (SSSR count). The summed E-state index contributed by atoms with van der Waals surface area (Å²) in [5.41, 5.74) is -0.808. The number of aliphatic hydroxyl groups is 1.